The Morgan fingerprint density at radius 3 is 2.67 bits per heavy atom. The van der Waals surface area contributed by atoms with Gasteiger partial charge >= 0.3 is 0 Å². The second kappa shape index (κ2) is 8.82. The molecule has 4 nitrogen and oxygen atoms in total. The maximum absolute atomic E-state index is 13.3. The Morgan fingerprint density at radius 2 is 2.00 bits per heavy atom. The first-order valence-corrected chi connectivity index (χ1v) is 10.2. The van der Waals surface area contributed by atoms with E-state index in [1.807, 2.05) is 19.1 Å². The van der Waals surface area contributed by atoms with Crippen LogP contribution in [0.1, 0.15) is 24.1 Å². The Balaban J connectivity index is 1.71. The smallest absolute Gasteiger partial charge is 0.172 e. The van der Waals surface area contributed by atoms with Crippen LogP contribution in [0.15, 0.2) is 34.8 Å². The highest BCUT2D eigenvalue weighted by Gasteiger charge is 2.34. The molecule has 0 aliphatic carbocycles. The fourth-order valence-electron chi connectivity index (χ4n) is 3.18. The summed E-state index contributed by atoms with van der Waals surface area (Å²) in [5.74, 6) is 0.373. The van der Waals surface area contributed by atoms with E-state index in [0.29, 0.717) is 35.7 Å². The minimum atomic E-state index is -0.236. The van der Waals surface area contributed by atoms with Gasteiger partial charge in [-0.15, -0.1) is 0 Å². The Labute approximate surface area is 177 Å². The van der Waals surface area contributed by atoms with Gasteiger partial charge in [0.15, 0.2) is 5.11 Å². The number of hydrogen-bond donors (Lipinski definition) is 2. The van der Waals surface area contributed by atoms with E-state index in [0.717, 1.165) is 28.6 Å². The number of pyridine rings is 1. The molecule has 0 atom stereocenters. The molecule has 1 aliphatic heterocycles. The molecule has 3 rings (SSSR count). The zero-order valence-corrected chi connectivity index (χ0v) is 18.0. The molecule has 0 saturated carbocycles. The molecule has 27 heavy (non-hydrogen) atoms. The van der Waals surface area contributed by atoms with Crippen molar-refractivity contribution < 1.29 is 9.13 Å². The number of benzene rings is 1. The van der Waals surface area contributed by atoms with Gasteiger partial charge in [-0.1, -0.05) is 23.7 Å². The van der Waals surface area contributed by atoms with Gasteiger partial charge in [-0.25, -0.2) is 9.37 Å². The Kier molecular flexibility index (Phi) is 6.68. The number of hydrogen-bond acceptors (Lipinski definition) is 3. The molecule has 1 aromatic heterocycles. The van der Waals surface area contributed by atoms with E-state index in [-0.39, 0.29) is 11.2 Å². The van der Waals surface area contributed by atoms with E-state index in [1.165, 1.54) is 12.1 Å². The summed E-state index contributed by atoms with van der Waals surface area (Å²) < 4.78 is 19.6. The molecule has 0 radical (unpaired) electrons. The molecule has 8 heteroatoms. The average Bonchev–Trinajstić information content (AvgIpc) is 2.66. The number of nitrogens with zero attached hydrogens (tertiary/aromatic N) is 1. The van der Waals surface area contributed by atoms with Crippen LogP contribution in [0.3, 0.4) is 0 Å². The van der Waals surface area contributed by atoms with Crippen LogP contribution in [-0.2, 0) is 10.2 Å². The first kappa shape index (κ1) is 20.5. The highest BCUT2D eigenvalue weighted by Crippen LogP contribution is 2.34. The number of rotatable bonds is 4. The van der Waals surface area contributed by atoms with E-state index in [2.05, 4.69) is 31.5 Å². The van der Waals surface area contributed by atoms with Gasteiger partial charge in [-0.3, -0.25) is 0 Å². The minimum Gasteiger partial charge on any atom is -0.381 e. The molecule has 0 bridgehead atoms. The van der Waals surface area contributed by atoms with Gasteiger partial charge in [0, 0.05) is 25.2 Å². The molecule has 1 aliphatic rings. The van der Waals surface area contributed by atoms with E-state index < -0.39 is 0 Å². The lowest BCUT2D eigenvalue weighted by Gasteiger charge is -2.38. The van der Waals surface area contributed by atoms with Crippen LogP contribution in [0.5, 0.6) is 0 Å². The molecule has 1 aromatic carbocycles. The van der Waals surface area contributed by atoms with Crippen LogP contribution in [0.25, 0.3) is 0 Å². The third-order valence-corrected chi connectivity index (χ3v) is 6.06. The highest BCUT2D eigenvalue weighted by atomic mass is 79.9. The van der Waals surface area contributed by atoms with Crippen LogP contribution < -0.4 is 10.6 Å². The van der Waals surface area contributed by atoms with Crippen molar-refractivity contribution in [3.05, 3.63) is 56.9 Å². The molecule has 2 aromatic rings. The molecule has 0 unspecified atom stereocenters. The molecule has 1 saturated heterocycles. The average molecular weight is 473 g/mol. The first-order valence-electron chi connectivity index (χ1n) is 8.61. The standard InChI is InChI=1S/C19H20BrClFN3OS/c1-12-16(21)10-15(20)17(24-12)25-18(27)23-11-19(6-8-26-9-7-19)13-2-4-14(22)5-3-13/h2-5,10H,6-9,11H2,1H3,(H2,23,24,25,27). The van der Waals surface area contributed by atoms with Gasteiger partial charge in [-0.2, -0.15) is 0 Å². The zero-order chi connectivity index (χ0) is 19.4. The number of nitrogens with one attached hydrogen (secondary N) is 2. The van der Waals surface area contributed by atoms with Crippen LogP contribution in [0.2, 0.25) is 5.02 Å². The number of aromatic nitrogens is 1. The normalized spacial score (nSPS) is 16.0. The molecule has 1 fully saturated rings. The summed E-state index contributed by atoms with van der Waals surface area (Å²) in [6.07, 6.45) is 1.69. The second-order valence-corrected chi connectivity index (χ2v) is 8.26. The lowest BCUT2D eigenvalue weighted by Crippen LogP contribution is -2.45. The van der Waals surface area contributed by atoms with E-state index in [1.54, 1.807) is 6.07 Å². The molecule has 2 N–H and O–H groups in total. The lowest BCUT2D eigenvalue weighted by molar-refractivity contribution is 0.0515. The van der Waals surface area contributed by atoms with Crippen LogP contribution in [0.4, 0.5) is 10.2 Å². The first-order chi connectivity index (χ1) is 12.9. The number of ether oxygens (including phenoxy) is 1. The number of thiocarbonyl (C=S) groups is 1. The summed E-state index contributed by atoms with van der Waals surface area (Å²) in [6, 6.07) is 8.48. The quantitative estimate of drug-likeness (QED) is 0.615. The maximum Gasteiger partial charge on any atom is 0.172 e. The van der Waals surface area contributed by atoms with Gasteiger partial charge in [-0.05, 0) is 71.7 Å². The number of anilines is 1. The molecular formula is C19H20BrClFN3OS. The van der Waals surface area contributed by atoms with E-state index in [4.69, 9.17) is 28.6 Å². The summed E-state index contributed by atoms with van der Waals surface area (Å²) in [5.41, 5.74) is 1.65. The molecular weight excluding hydrogens is 453 g/mol. The third-order valence-electron chi connectivity index (χ3n) is 4.83. The van der Waals surface area contributed by atoms with E-state index in [9.17, 15) is 4.39 Å². The Morgan fingerprint density at radius 1 is 1.33 bits per heavy atom. The maximum atomic E-state index is 13.3. The summed E-state index contributed by atoms with van der Waals surface area (Å²) >= 11 is 15.0. The zero-order valence-electron chi connectivity index (χ0n) is 14.8. The van der Waals surface area contributed by atoms with Crippen molar-refractivity contribution in [3.8, 4) is 0 Å². The molecule has 0 amide bonds. The second-order valence-electron chi connectivity index (χ2n) is 6.59. The van der Waals surface area contributed by atoms with Crippen LogP contribution >= 0.6 is 39.7 Å². The molecule has 144 valence electrons. The topological polar surface area (TPSA) is 46.2 Å². The predicted octanol–water partition coefficient (Wildman–Crippen LogP) is 4.98. The lowest BCUT2D eigenvalue weighted by atomic mass is 9.74. The van der Waals surface area contributed by atoms with Gasteiger partial charge in [0.1, 0.15) is 11.6 Å². The van der Waals surface area contributed by atoms with E-state index >= 15 is 0 Å². The van der Waals surface area contributed by atoms with Crippen LogP contribution in [-0.4, -0.2) is 29.9 Å². The summed E-state index contributed by atoms with van der Waals surface area (Å²) in [7, 11) is 0. The van der Waals surface area contributed by atoms with Crippen molar-refractivity contribution in [1.82, 2.24) is 10.3 Å². The minimum absolute atomic E-state index is 0.155. The fourth-order valence-corrected chi connectivity index (χ4v) is 4.05. The van der Waals surface area contributed by atoms with Gasteiger partial charge in [0.05, 0.1) is 15.2 Å². The van der Waals surface area contributed by atoms with Crippen molar-refractivity contribution in [2.75, 3.05) is 25.1 Å². The third kappa shape index (κ3) is 4.96. The summed E-state index contributed by atoms with van der Waals surface area (Å²) in [5, 5.41) is 7.46. The summed E-state index contributed by atoms with van der Waals surface area (Å²) in [6.45, 7) is 3.80. The fraction of sp³-hybridized carbons (Fsp3) is 0.368. The monoisotopic (exact) mass is 471 g/mol. The summed E-state index contributed by atoms with van der Waals surface area (Å²) in [4.78, 5) is 4.41. The number of halogens is 3. The SMILES string of the molecule is Cc1nc(NC(=S)NCC2(c3ccc(F)cc3)CCOCC2)c(Br)cc1Cl. The Bertz CT molecular complexity index is 828. The van der Waals surface area contributed by atoms with Gasteiger partial charge in [0.2, 0.25) is 0 Å². The van der Waals surface area contributed by atoms with Crippen molar-refractivity contribution in [2.24, 2.45) is 0 Å². The largest absolute Gasteiger partial charge is 0.381 e. The van der Waals surface area contributed by atoms with Crippen molar-refractivity contribution in [2.45, 2.75) is 25.2 Å². The van der Waals surface area contributed by atoms with Crippen molar-refractivity contribution in [3.63, 3.8) is 0 Å². The Hall–Kier alpha value is -1.28. The highest BCUT2D eigenvalue weighted by molar-refractivity contribution is 9.10. The van der Waals surface area contributed by atoms with Crippen molar-refractivity contribution in [1.29, 1.82) is 0 Å². The molecule has 0 spiro atoms. The van der Waals surface area contributed by atoms with Gasteiger partial charge in [0.25, 0.3) is 0 Å². The van der Waals surface area contributed by atoms with Gasteiger partial charge < -0.3 is 15.4 Å². The van der Waals surface area contributed by atoms with Crippen LogP contribution in [0, 0.1) is 12.7 Å². The van der Waals surface area contributed by atoms with Crippen molar-refractivity contribution >= 4 is 50.7 Å². The molecule has 2 heterocycles. The number of aryl methyl sites for hydroxylation is 1. The predicted molar refractivity (Wildman–Crippen MR) is 114 cm³/mol.